The maximum atomic E-state index is 2.43. The Morgan fingerprint density at radius 2 is 0.646 bits per heavy atom. The SMILES string of the molecule is CCCCCCSC1=C(SCCCCCC)SC(=C2SC=C(C3=CSC(=C4SC(SCCCCCC)=C(SCCCCCC)S4)S3)S2)S1. The van der Waals surface area contributed by atoms with E-state index in [0.717, 1.165) is 0 Å². The second kappa shape index (κ2) is 26.4. The number of unbranched alkanes of at least 4 members (excludes halogenated alkanes) is 12. The molecule has 4 aliphatic rings. The molecule has 270 valence electrons. The maximum absolute atomic E-state index is 2.43. The van der Waals surface area contributed by atoms with Gasteiger partial charge in [0, 0.05) is 9.81 Å². The first-order chi connectivity index (χ1) is 23.7. The largest absolute Gasteiger partial charge is 0.117 e. The molecular formula is C36H54S12. The van der Waals surface area contributed by atoms with Gasteiger partial charge in [0.2, 0.25) is 0 Å². The zero-order valence-corrected chi connectivity index (χ0v) is 39.0. The summed E-state index contributed by atoms with van der Waals surface area (Å²) >= 11 is 24.7. The zero-order valence-electron chi connectivity index (χ0n) is 29.2. The predicted molar refractivity (Wildman–Crippen MR) is 251 cm³/mol. The topological polar surface area (TPSA) is 0 Å². The third-order valence-corrected chi connectivity index (χ3v) is 24.9. The fourth-order valence-electron chi connectivity index (χ4n) is 4.75. The van der Waals surface area contributed by atoms with E-state index in [1.165, 1.54) is 153 Å². The molecule has 4 rings (SSSR count). The van der Waals surface area contributed by atoms with Crippen LogP contribution in [0.15, 0.2) is 54.5 Å². The number of hydrogen-bond acceptors (Lipinski definition) is 12. The average molecular weight is 872 g/mol. The number of thioether (sulfide) groups is 12. The van der Waals surface area contributed by atoms with Gasteiger partial charge in [-0.1, -0.05) is 199 Å². The predicted octanol–water partition coefficient (Wildman–Crippen LogP) is 18.3. The van der Waals surface area contributed by atoms with E-state index < -0.39 is 0 Å². The molecule has 0 nitrogen and oxygen atoms in total. The second-order valence-corrected chi connectivity index (χ2v) is 26.2. The summed E-state index contributed by atoms with van der Waals surface area (Å²) in [5.74, 6) is 5.04. The van der Waals surface area contributed by atoms with Gasteiger partial charge in [0.25, 0.3) is 0 Å². The van der Waals surface area contributed by atoms with E-state index in [1.54, 1.807) is 16.9 Å². The van der Waals surface area contributed by atoms with Gasteiger partial charge in [0.1, 0.15) is 0 Å². The third-order valence-electron chi connectivity index (χ3n) is 7.53. The van der Waals surface area contributed by atoms with Crippen LogP contribution in [0.1, 0.15) is 130 Å². The van der Waals surface area contributed by atoms with Crippen LogP contribution in [0.5, 0.6) is 0 Å². The molecule has 0 aromatic carbocycles. The zero-order chi connectivity index (χ0) is 33.8. The summed E-state index contributed by atoms with van der Waals surface area (Å²) in [7, 11) is 0. The molecule has 4 heterocycles. The second-order valence-electron chi connectivity index (χ2n) is 11.7. The Bertz CT molecular complexity index is 1050. The van der Waals surface area contributed by atoms with E-state index >= 15 is 0 Å². The van der Waals surface area contributed by atoms with E-state index in [2.05, 4.69) is 133 Å². The minimum Gasteiger partial charge on any atom is -0.117 e. The van der Waals surface area contributed by atoms with Crippen LogP contribution in [-0.2, 0) is 0 Å². The van der Waals surface area contributed by atoms with Gasteiger partial charge in [-0.05, 0) is 59.5 Å². The van der Waals surface area contributed by atoms with Crippen molar-refractivity contribution >= 4 is 141 Å². The van der Waals surface area contributed by atoms with Gasteiger partial charge in [0.05, 0.1) is 33.9 Å². The van der Waals surface area contributed by atoms with Crippen molar-refractivity contribution in [1.82, 2.24) is 0 Å². The van der Waals surface area contributed by atoms with E-state index in [0.29, 0.717) is 0 Å². The lowest BCUT2D eigenvalue weighted by molar-refractivity contribution is 0.707. The first kappa shape index (κ1) is 43.4. The fourth-order valence-corrected chi connectivity index (χ4v) is 22.1. The summed E-state index contributed by atoms with van der Waals surface area (Å²) in [6, 6.07) is 0. The van der Waals surface area contributed by atoms with Gasteiger partial charge in [-0.3, -0.25) is 0 Å². The van der Waals surface area contributed by atoms with Crippen molar-refractivity contribution in [2.24, 2.45) is 0 Å². The summed E-state index contributed by atoms with van der Waals surface area (Å²) in [6.07, 6.45) is 21.6. The fraction of sp³-hybridized carbons (Fsp3) is 0.667. The molecule has 0 fully saturated rings. The summed E-state index contributed by atoms with van der Waals surface area (Å²) in [6.45, 7) is 9.23. The van der Waals surface area contributed by atoms with Crippen LogP contribution in [0.4, 0.5) is 0 Å². The summed E-state index contributed by atoms with van der Waals surface area (Å²) in [5.41, 5.74) is 0. The molecule has 12 heteroatoms. The van der Waals surface area contributed by atoms with Crippen molar-refractivity contribution in [1.29, 1.82) is 0 Å². The van der Waals surface area contributed by atoms with Crippen LogP contribution >= 0.6 is 141 Å². The van der Waals surface area contributed by atoms with Gasteiger partial charge in [-0.15, -0.1) is 47.0 Å². The quantitative estimate of drug-likeness (QED) is 0.0802. The first-order valence-electron chi connectivity index (χ1n) is 18.0. The van der Waals surface area contributed by atoms with Crippen LogP contribution in [0, 0.1) is 0 Å². The lowest BCUT2D eigenvalue weighted by Crippen LogP contribution is -1.83. The summed E-state index contributed by atoms with van der Waals surface area (Å²) < 4.78 is 12.3. The minimum absolute atomic E-state index is 1.26. The summed E-state index contributed by atoms with van der Waals surface area (Å²) in [5, 5.41) is 4.85. The molecule has 0 unspecified atom stereocenters. The molecule has 0 spiro atoms. The molecule has 0 saturated heterocycles. The van der Waals surface area contributed by atoms with Crippen LogP contribution in [0.25, 0.3) is 0 Å². The normalized spacial score (nSPS) is 18.4. The van der Waals surface area contributed by atoms with Crippen molar-refractivity contribution in [2.45, 2.75) is 130 Å². The highest BCUT2D eigenvalue weighted by molar-refractivity contribution is 8.43. The standard InChI is InChI=1S/C36H54S12/c1-5-9-13-17-21-37-29-30(38-22-18-14-10-6-2)46-35(45-29)33-41-25-27(43-33)28-26-42-34(44-28)36-47-31(39-23-19-15-11-7-3)32(48-36)40-24-20-16-12-8-4/h25-26H,5-24H2,1-4H3. The van der Waals surface area contributed by atoms with Gasteiger partial charge in [-0.2, -0.15) is 0 Å². The lowest BCUT2D eigenvalue weighted by atomic mass is 10.2. The Morgan fingerprint density at radius 1 is 0.354 bits per heavy atom. The van der Waals surface area contributed by atoms with E-state index in [4.69, 9.17) is 0 Å². The molecule has 48 heavy (non-hydrogen) atoms. The van der Waals surface area contributed by atoms with Gasteiger partial charge in [0.15, 0.2) is 0 Å². The highest BCUT2D eigenvalue weighted by Gasteiger charge is 2.32. The average Bonchev–Trinajstić information content (AvgIpc) is 3.91. The van der Waals surface area contributed by atoms with Crippen LogP contribution < -0.4 is 0 Å². The Kier molecular flexibility index (Phi) is 23.9. The molecule has 0 bridgehead atoms. The monoisotopic (exact) mass is 870 g/mol. The molecule has 0 aliphatic carbocycles. The van der Waals surface area contributed by atoms with Crippen molar-refractivity contribution in [3.63, 3.8) is 0 Å². The Hall–Kier alpha value is 2.64. The molecule has 0 aromatic heterocycles. The minimum atomic E-state index is 1.26. The third kappa shape index (κ3) is 15.4. The highest BCUT2D eigenvalue weighted by Crippen LogP contribution is 2.66. The van der Waals surface area contributed by atoms with E-state index in [9.17, 15) is 0 Å². The first-order valence-corrected chi connectivity index (χ1v) is 28.6. The van der Waals surface area contributed by atoms with Crippen LogP contribution in [0.2, 0.25) is 0 Å². The molecule has 0 radical (unpaired) electrons. The van der Waals surface area contributed by atoms with Crippen LogP contribution in [-0.4, -0.2) is 23.0 Å². The van der Waals surface area contributed by atoms with Crippen molar-refractivity contribution in [3.8, 4) is 0 Å². The lowest BCUT2D eigenvalue weighted by Gasteiger charge is -2.05. The van der Waals surface area contributed by atoms with Gasteiger partial charge in [-0.25, -0.2) is 0 Å². The van der Waals surface area contributed by atoms with E-state index in [1.807, 2.05) is 47.0 Å². The highest BCUT2D eigenvalue weighted by atomic mass is 32.3. The van der Waals surface area contributed by atoms with E-state index in [-0.39, 0.29) is 0 Å². The summed E-state index contributed by atoms with van der Waals surface area (Å²) in [4.78, 5) is 2.89. The van der Waals surface area contributed by atoms with Crippen LogP contribution in [0.3, 0.4) is 0 Å². The van der Waals surface area contributed by atoms with Crippen molar-refractivity contribution < 1.29 is 0 Å². The maximum Gasteiger partial charge on any atom is 0.0717 e. The Morgan fingerprint density at radius 3 is 0.917 bits per heavy atom. The van der Waals surface area contributed by atoms with Crippen molar-refractivity contribution in [2.75, 3.05) is 23.0 Å². The molecule has 0 saturated carbocycles. The molecule has 4 aliphatic heterocycles. The molecule has 0 aromatic rings. The van der Waals surface area contributed by atoms with Crippen molar-refractivity contribution in [3.05, 3.63) is 54.5 Å². The number of rotatable bonds is 25. The smallest absolute Gasteiger partial charge is 0.0717 e. The number of hydrogen-bond donors (Lipinski definition) is 0. The molecule has 0 atom stereocenters. The Labute approximate surface area is 345 Å². The van der Waals surface area contributed by atoms with Gasteiger partial charge < -0.3 is 0 Å². The Balaban J connectivity index is 1.31. The van der Waals surface area contributed by atoms with Gasteiger partial charge >= 0.3 is 0 Å². The molecular weight excluding hydrogens is 817 g/mol. The molecule has 0 N–H and O–H groups in total. The molecule has 0 amide bonds.